The molecule has 0 rings (SSSR count). The summed E-state index contributed by atoms with van der Waals surface area (Å²) in [6.07, 6.45) is 28.5. The largest absolute Gasteiger partial charge is 0.394 e. The molecule has 0 saturated carbocycles. The van der Waals surface area contributed by atoms with Crippen molar-refractivity contribution in [3.8, 4) is 0 Å². The Morgan fingerprint density at radius 2 is 1.23 bits per heavy atom. The van der Waals surface area contributed by atoms with Crippen molar-refractivity contribution in [2.24, 2.45) is 0 Å². The van der Waals surface area contributed by atoms with Crippen LogP contribution in [0.3, 0.4) is 0 Å². The number of unbranched alkanes of at least 4 members (excludes halogenated alkanes) is 5. The number of aliphatic hydroxyl groups is 2. The van der Waals surface area contributed by atoms with Crippen LogP contribution in [0.15, 0.2) is 48.6 Å². The molecule has 26 heavy (non-hydrogen) atoms. The Balaban J connectivity index is 3.36. The summed E-state index contributed by atoms with van der Waals surface area (Å²) < 4.78 is 5.26. The molecule has 0 bridgehead atoms. The van der Waals surface area contributed by atoms with E-state index in [-0.39, 0.29) is 13.2 Å². The van der Waals surface area contributed by atoms with Crippen molar-refractivity contribution in [1.29, 1.82) is 0 Å². The standard InChI is InChI=1S/C23H40O3/c1-2-3-4-5-6-7-8-9-10-11-12-13-14-15-16-17-18-19-20-26-22-23(25)21-24/h6-7,9-10,12-13,15-16,23-25H,2-5,8,11,14,17-22H2,1H3. The third kappa shape index (κ3) is 20.9. The van der Waals surface area contributed by atoms with Crippen LogP contribution in [0.4, 0.5) is 0 Å². The van der Waals surface area contributed by atoms with E-state index in [0.29, 0.717) is 6.61 Å². The molecule has 1 unspecified atom stereocenters. The fourth-order valence-corrected chi connectivity index (χ4v) is 2.30. The van der Waals surface area contributed by atoms with Crippen molar-refractivity contribution in [3.63, 3.8) is 0 Å². The van der Waals surface area contributed by atoms with Crippen LogP contribution in [0.1, 0.15) is 71.1 Å². The lowest BCUT2D eigenvalue weighted by atomic mass is 10.2. The van der Waals surface area contributed by atoms with Crippen molar-refractivity contribution in [3.05, 3.63) is 48.6 Å². The highest BCUT2D eigenvalue weighted by Gasteiger charge is 2.00. The maximum absolute atomic E-state index is 9.11. The highest BCUT2D eigenvalue weighted by Crippen LogP contribution is 2.01. The maximum Gasteiger partial charge on any atom is 0.100 e. The van der Waals surface area contributed by atoms with Crippen molar-refractivity contribution >= 4 is 0 Å². The number of hydrogen-bond acceptors (Lipinski definition) is 3. The summed E-state index contributed by atoms with van der Waals surface area (Å²) >= 11 is 0. The minimum absolute atomic E-state index is 0.223. The number of aliphatic hydroxyl groups excluding tert-OH is 2. The van der Waals surface area contributed by atoms with Crippen LogP contribution in [0.2, 0.25) is 0 Å². The molecule has 0 aromatic rings. The van der Waals surface area contributed by atoms with Crippen molar-refractivity contribution in [2.75, 3.05) is 19.8 Å². The Hall–Kier alpha value is -1.16. The number of rotatable bonds is 18. The van der Waals surface area contributed by atoms with Gasteiger partial charge in [0.05, 0.1) is 13.2 Å². The first kappa shape index (κ1) is 24.8. The summed E-state index contributed by atoms with van der Waals surface area (Å²) in [6, 6.07) is 0. The fraction of sp³-hybridized carbons (Fsp3) is 0.652. The maximum atomic E-state index is 9.11. The third-order valence-electron chi connectivity index (χ3n) is 3.89. The van der Waals surface area contributed by atoms with Crippen molar-refractivity contribution in [1.82, 2.24) is 0 Å². The molecule has 0 aliphatic carbocycles. The van der Waals surface area contributed by atoms with E-state index in [4.69, 9.17) is 14.9 Å². The molecule has 0 amide bonds. The molecule has 2 N–H and O–H groups in total. The van der Waals surface area contributed by atoms with Gasteiger partial charge in [-0.15, -0.1) is 0 Å². The van der Waals surface area contributed by atoms with E-state index in [1.54, 1.807) is 0 Å². The van der Waals surface area contributed by atoms with E-state index >= 15 is 0 Å². The lowest BCUT2D eigenvalue weighted by Crippen LogP contribution is -2.19. The SMILES string of the molecule is CCCCCC=CCC=CCC=CCC=CCCCCOCC(O)CO. The van der Waals surface area contributed by atoms with Crippen LogP contribution in [0, 0.1) is 0 Å². The molecule has 1 atom stereocenters. The Labute approximate surface area is 161 Å². The summed E-state index contributed by atoms with van der Waals surface area (Å²) in [7, 11) is 0. The van der Waals surface area contributed by atoms with E-state index in [0.717, 1.165) is 38.5 Å². The van der Waals surface area contributed by atoms with Gasteiger partial charge in [0.1, 0.15) is 6.10 Å². The number of ether oxygens (including phenoxy) is 1. The third-order valence-corrected chi connectivity index (χ3v) is 3.89. The van der Waals surface area contributed by atoms with Crippen LogP contribution in [-0.2, 0) is 4.74 Å². The zero-order valence-corrected chi connectivity index (χ0v) is 16.7. The number of allylic oxidation sites excluding steroid dienone is 8. The molecule has 0 fully saturated rings. The normalized spacial score (nSPS) is 13.8. The molecule has 0 aliphatic rings. The van der Waals surface area contributed by atoms with Crippen LogP contribution in [0.5, 0.6) is 0 Å². The van der Waals surface area contributed by atoms with Gasteiger partial charge in [0.25, 0.3) is 0 Å². The van der Waals surface area contributed by atoms with Gasteiger partial charge in [0.15, 0.2) is 0 Å². The summed E-state index contributed by atoms with van der Waals surface area (Å²) in [6.45, 7) is 2.87. The first-order valence-electron chi connectivity index (χ1n) is 10.3. The smallest absolute Gasteiger partial charge is 0.100 e. The van der Waals surface area contributed by atoms with Gasteiger partial charge in [0, 0.05) is 6.61 Å². The first-order chi connectivity index (χ1) is 12.8. The minimum atomic E-state index is -0.747. The molecule has 0 radical (unpaired) electrons. The lowest BCUT2D eigenvalue weighted by molar-refractivity contribution is 0.00541. The Morgan fingerprint density at radius 1 is 0.731 bits per heavy atom. The zero-order valence-electron chi connectivity index (χ0n) is 16.7. The quantitative estimate of drug-likeness (QED) is 0.249. The second-order valence-corrected chi connectivity index (χ2v) is 6.50. The van der Waals surface area contributed by atoms with Crippen LogP contribution < -0.4 is 0 Å². The predicted molar refractivity (Wildman–Crippen MR) is 112 cm³/mol. The average Bonchev–Trinajstić information content (AvgIpc) is 2.66. The van der Waals surface area contributed by atoms with Gasteiger partial charge in [-0.25, -0.2) is 0 Å². The topological polar surface area (TPSA) is 49.7 Å². The van der Waals surface area contributed by atoms with Crippen LogP contribution >= 0.6 is 0 Å². The molecule has 3 heteroatoms. The summed E-state index contributed by atoms with van der Waals surface area (Å²) in [5, 5.41) is 17.8. The average molecular weight is 365 g/mol. The van der Waals surface area contributed by atoms with Crippen LogP contribution in [-0.4, -0.2) is 36.1 Å². The van der Waals surface area contributed by atoms with Gasteiger partial charge in [-0.2, -0.15) is 0 Å². The van der Waals surface area contributed by atoms with E-state index in [1.165, 1.54) is 25.7 Å². The molecular weight excluding hydrogens is 324 g/mol. The summed E-state index contributed by atoms with van der Waals surface area (Å²) in [4.78, 5) is 0. The highest BCUT2D eigenvalue weighted by molar-refractivity contribution is 4.99. The summed E-state index contributed by atoms with van der Waals surface area (Å²) in [5.74, 6) is 0. The molecule has 0 saturated heterocycles. The van der Waals surface area contributed by atoms with Gasteiger partial charge in [-0.1, -0.05) is 68.4 Å². The predicted octanol–water partition coefficient (Wildman–Crippen LogP) is 5.50. The molecule has 0 heterocycles. The van der Waals surface area contributed by atoms with E-state index in [9.17, 15) is 0 Å². The Bertz CT molecular complexity index is 383. The lowest BCUT2D eigenvalue weighted by Gasteiger charge is -2.07. The fourth-order valence-electron chi connectivity index (χ4n) is 2.30. The molecule has 0 spiro atoms. The molecular formula is C23H40O3. The second kappa shape index (κ2) is 21.9. The second-order valence-electron chi connectivity index (χ2n) is 6.50. The zero-order chi connectivity index (χ0) is 19.1. The molecule has 0 aromatic heterocycles. The van der Waals surface area contributed by atoms with Crippen molar-refractivity contribution < 1.29 is 14.9 Å². The van der Waals surface area contributed by atoms with E-state index in [2.05, 4.69) is 55.5 Å². The van der Waals surface area contributed by atoms with E-state index < -0.39 is 6.10 Å². The highest BCUT2D eigenvalue weighted by atomic mass is 16.5. The molecule has 0 aliphatic heterocycles. The van der Waals surface area contributed by atoms with E-state index in [1.807, 2.05) is 0 Å². The van der Waals surface area contributed by atoms with Crippen molar-refractivity contribution in [2.45, 2.75) is 77.2 Å². The Kier molecular flexibility index (Phi) is 20.9. The number of hydrogen-bond donors (Lipinski definition) is 2. The molecule has 150 valence electrons. The van der Waals surface area contributed by atoms with Gasteiger partial charge in [-0.3, -0.25) is 0 Å². The molecule has 3 nitrogen and oxygen atoms in total. The first-order valence-corrected chi connectivity index (χ1v) is 10.3. The Morgan fingerprint density at radius 3 is 1.73 bits per heavy atom. The van der Waals surface area contributed by atoms with Gasteiger partial charge in [0.2, 0.25) is 0 Å². The molecule has 0 aromatic carbocycles. The van der Waals surface area contributed by atoms with Gasteiger partial charge < -0.3 is 14.9 Å². The van der Waals surface area contributed by atoms with Gasteiger partial charge in [-0.05, 0) is 51.4 Å². The van der Waals surface area contributed by atoms with Crippen LogP contribution in [0.25, 0.3) is 0 Å². The minimum Gasteiger partial charge on any atom is -0.394 e. The monoisotopic (exact) mass is 364 g/mol. The van der Waals surface area contributed by atoms with Gasteiger partial charge >= 0.3 is 0 Å². The summed E-state index contributed by atoms with van der Waals surface area (Å²) in [5.41, 5.74) is 0.